The van der Waals surface area contributed by atoms with Gasteiger partial charge in [-0.15, -0.1) is 0 Å². The van der Waals surface area contributed by atoms with E-state index in [9.17, 15) is 26.4 Å². The number of hydrogen-bond donors (Lipinski definition) is 1. The molecular weight excluding hydrogens is 447 g/mol. The monoisotopic (exact) mass is 465 g/mol. The first-order chi connectivity index (χ1) is 15.2. The molecule has 32 heavy (non-hydrogen) atoms. The third-order valence-corrected chi connectivity index (χ3v) is 6.92. The average Bonchev–Trinajstić information content (AvgIpc) is 2.79. The summed E-state index contributed by atoms with van der Waals surface area (Å²) < 4.78 is 71.5. The number of alkyl halides is 3. The molecule has 1 amide bonds. The second kappa shape index (κ2) is 8.49. The highest BCUT2D eigenvalue weighted by Gasteiger charge is 2.31. The van der Waals surface area contributed by atoms with Crippen LogP contribution in [0.3, 0.4) is 0 Å². The van der Waals surface area contributed by atoms with E-state index in [1.165, 1.54) is 46.9 Å². The molecule has 0 saturated carbocycles. The van der Waals surface area contributed by atoms with E-state index >= 15 is 0 Å². The molecule has 1 aromatic heterocycles. The number of rotatable bonds is 4. The highest BCUT2D eigenvalue weighted by Crippen LogP contribution is 2.33. The van der Waals surface area contributed by atoms with Gasteiger partial charge in [-0.2, -0.15) is 17.5 Å². The molecule has 1 N–H and O–H groups in total. The lowest BCUT2D eigenvalue weighted by Gasteiger charge is -2.26. The van der Waals surface area contributed by atoms with E-state index in [2.05, 4.69) is 10.3 Å². The molecule has 2 aromatic carbocycles. The fourth-order valence-electron chi connectivity index (χ4n) is 3.36. The zero-order chi connectivity index (χ0) is 22.9. The normalized spacial score (nSPS) is 15.6. The maximum atomic E-state index is 13.1. The summed E-state index contributed by atoms with van der Waals surface area (Å²) in [5, 5.41) is 2.68. The maximum Gasteiger partial charge on any atom is 0.416 e. The Morgan fingerprint density at radius 2 is 1.81 bits per heavy atom. The SMILES string of the molecule is O=C(Nc1ccnc2ccc(C(F)(F)F)cc12)c1cccc(S(=O)(=O)N2CCOCC2)c1. The molecular formula is C21H18F3N3O4S. The molecule has 1 saturated heterocycles. The van der Waals surface area contributed by atoms with Crippen LogP contribution in [0.5, 0.6) is 0 Å². The topological polar surface area (TPSA) is 88.6 Å². The van der Waals surface area contributed by atoms with Crippen LogP contribution in [0.1, 0.15) is 15.9 Å². The molecule has 0 spiro atoms. The van der Waals surface area contributed by atoms with Crippen LogP contribution >= 0.6 is 0 Å². The number of carbonyl (C=O) groups excluding carboxylic acids is 1. The van der Waals surface area contributed by atoms with E-state index in [1.807, 2.05) is 0 Å². The number of aromatic nitrogens is 1. The molecule has 2 heterocycles. The van der Waals surface area contributed by atoms with Crippen LogP contribution in [0.4, 0.5) is 18.9 Å². The minimum Gasteiger partial charge on any atom is -0.379 e. The van der Waals surface area contributed by atoms with E-state index in [0.29, 0.717) is 0 Å². The molecule has 0 unspecified atom stereocenters. The van der Waals surface area contributed by atoms with Crippen molar-refractivity contribution in [3.63, 3.8) is 0 Å². The molecule has 0 radical (unpaired) electrons. The predicted molar refractivity (Wildman–Crippen MR) is 111 cm³/mol. The van der Waals surface area contributed by atoms with Gasteiger partial charge in [-0.25, -0.2) is 8.42 Å². The summed E-state index contributed by atoms with van der Waals surface area (Å²) in [6.45, 7) is 0.996. The number of benzene rings is 2. The first-order valence-corrected chi connectivity index (χ1v) is 11.1. The van der Waals surface area contributed by atoms with Crippen LogP contribution in [0.25, 0.3) is 10.9 Å². The summed E-state index contributed by atoms with van der Waals surface area (Å²) in [6, 6.07) is 9.94. The van der Waals surface area contributed by atoms with Gasteiger partial charge in [0.1, 0.15) is 0 Å². The van der Waals surface area contributed by atoms with Gasteiger partial charge in [0.2, 0.25) is 10.0 Å². The Labute approximate surface area is 181 Å². The van der Waals surface area contributed by atoms with Crippen LogP contribution in [-0.4, -0.2) is 49.9 Å². The molecule has 1 aliphatic rings. The molecule has 11 heteroatoms. The van der Waals surface area contributed by atoms with E-state index in [4.69, 9.17) is 4.74 Å². The summed E-state index contributed by atoms with van der Waals surface area (Å²) in [5.74, 6) is -0.658. The second-order valence-corrected chi connectivity index (χ2v) is 9.02. The smallest absolute Gasteiger partial charge is 0.379 e. The number of fused-ring (bicyclic) bond motifs is 1. The summed E-state index contributed by atoms with van der Waals surface area (Å²) in [6.07, 6.45) is -3.18. The lowest BCUT2D eigenvalue weighted by Crippen LogP contribution is -2.40. The van der Waals surface area contributed by atoms with Crippen LogP contribution in [0, 0.1) is 0 Å². The summed E-state index contributed by atoms with van der Waals surface area (Å²) in [4.78, 5) is 16.8. The number of nitrogens with one attached hydrogen (secondary N) is 1. The minimum absolute atomic E-state index is 0.0500. The molecule has 0 atom stereocenters. The van der Waals surface area contributed by atoms with Gasteiger partial charge < -0.3 is 10.1 Å². The van der Waals surface area contributed by atoms with Gasteiger partial charge in [-0.05, 0) is 42.5 Å². The molecule has 7 nitrogen and oxygen atoms in total. The quantitative estimate of drug-likeness (QED) is 0.637. The highest BCUT2D eigenvalue weighted by molar-refractivity contribution is 7.89. The summed E-state index contributed by atoms with van der Waals surface area (Å²) >= 11 is 0. The molecule has 4 rings (SSSR count). The number of morpholine rings is 1. The van der Waals surface area contributed by atoms with E-state index in [1.54, 1.807) is 0 Å². The Hall–Kier alpha value is -3.02. The number of hydrogen-bond acceptors (Lipinski definition) is 5. The first-order valence-electron chi connectivity index (χ1n) is 9.61. The third-order valence-electron chi connectivity index (χ3n) is 5.02. The minimum atomic E-state index is -4.55. The zero-order valence-corrected chi connectivity index (χ0v) is 17.4. The Morgan fingerprint density at radius 1 is 1.06 bits per heavy atom. The second-order valence-electron chi connectivity index (χ2n) is 7.09. The molecule has 0 bridgehead atoms. The van der Waals surface area contributed by atoms with Crippen LogP contribution < -0.4 is 5.32 Å². The number of anilines is 1. The van der Waals surface area contributed by atoms with Crippen molar-refractivity contribution in [2.24, 2.45) is 0 Å². The van der Waals surface area contributed by atoms with Gasteiger partial charge in [0, 0.05) is 30.2 Å². The number of ether oxygens (including phenoxy) is 1. The lowest BCUT2D eigenvalue weighted by molar-refractivity contribution is -0.137. The summed E-state index contributed by atoms with van der Waals surface area (Å²) in [7, 11) is -3.81. The number of halogens is 3. The highest BCUT2D eigenvalue weighted by atomic mass is 32.2. The van der Waals surface area contributed by atoms with Gasteiger partial charge in [0.05, 0.1) is 34.9 Å². The zero-order valence-electron chi connectivity index (χ0n) is 16.6. The van der Waals surface area contributed by atoms with Crippen LogP contribution in [-0.2, 0) is 20.9 Å². The van der Waals surface area contributed by atoms with Crippen molar-refractivity contribution in [2.75, 3.05) is 31.6 Å². The van der Waals surface area contributed by atoms with E-state index in [0.717, 1.165) is 12.1 Å². The number of carbonyl (C=O) groups is 1. The van der Waals surface area contributed by atoms with Crippen molar-refractivity contribution in [3.05, 3.63) is 65.9 Å². The lowest BCUT2D eigenvalue weighted by atomic mass is 10.1. The van der Waals surface area contributed by atoms with Gasteiger partial charge in [-0.1, -0.05) is 6.07 Å². The van der Waals surface area contributed by atoms with Crippen molar-refractivity contribution >= 4 is 32.5 Å². The van der Waals surface area contributed by atoms with Crippen LogP contribution in [0.2, 0.25) is 0 Å². The Kier molecular flexibility index (Phi) is 5.89. The van der Waals surface area contributed by atoms with Crippen LogP contribution in [0.15, 0.2) is 59.6 Å². The molecule has 1 fully saturated rings. The number of amides is 1. The van der Waals surface area contributed by atoms with Gasteiger partial charge >= 0.3 is 6.18 Å². The Bertz CT molecular complexity index is 1270. The van der Waals surface area contributed by atoms with Gasteiger partial charge in [0.25, 0.3) is 5.91 Å². The van der Waals surface area contributed by atoms with Crippen molar-refractivity contribution in [2.45, 2.75) is 11.1 Å². The predicted octanol–water partition coefficient (Wildman–Crippen LogP) is 3.53. The largest absolute Gasteiger partial charge is 0.416 e. The average molecular weight is 465 g/mol. The molecule has 0 aliphatic carbocycles. The first kappa shape index (κ1) is 22.2. The van der Waals surface area contributed by atoms with Crippen molar-refractivity contribution < 1.29 is 31.1 Å². The molecule has 168 valence electrons. The van der Waals surface area contributed by atoms with Crippen molar-refractivity contribution in [1.29, 1.82) is 0 Å². The van der Waals surface area contributed by atoms with Crippen molar-refractivity contribution in [1.82, 2.24) is 9.29 Å². The maximum absolute atomic E-state index is 13.1. The van der Waals surface area contributed by atoms with Crippen molar-refractivity contribution in [3.8, 4) is 0 Å². The van der Waals surface area contributed by atoms with Gasteiger partial charge in [-0.3, -0.25) is 9.78 Å². The fourth-order valence-corrected chi connectivity index (χ4v) is 4.81. The summed E-state index contributed by atoms with van der Waals surface area (Å²) in [5.41, 5.74) is -0.407. The number of nitrogens with zero attached hydrogens (tertiary/aromatic N) is 2. The Morgan fingerprint density at radius 3 is 2.53 bits per heavy atom. The molecule has 1 aliphatic heterocycles. The van der Waals surface area contributed by atoms with E-state index in [-0.39, 0.29) is 53.4 Å². The standard InChI is InChI=1S/C21H18F3N3O4S/c22-21(23,24)15-4-5-18-17(13-15)19(6-7-25-18)26-20(28)14-2-1-3-16(12-14)32(29,30)27-8-10-31-11-9-27/h1-7,12-13H,8-11H2,(H,25,26,28). The number of sulfonamides is 1. The number of pyridine rings is 1. The van der Waals surface area contributed by atoms with Gasteiger partial charge in [0.15, 0.2) is 0 Å². The Balaban J connectivity index is 1.64. The fraction of sp³-hybridized carbons (Fsp3) is 0.238. The van der Waals surface area contributed by atoms with E-state index < -0.39 is 27.7 Å². The third kappa shape index (κ3) is 4.45. The molecule has 3 aromatic rings.